The second-order valence-corrected chi connectivity index (χ2v) is 3.67. The van der Waals surface area contributed by atoms with Crippen LogP contribution in [-0.2, 0) is 4.79 Å². The van der Waals surface area contributed by atoms with Gasteiger partial charge in [0.15, 0.2) is 0 Å². The van der Waals surface area contributed by atoms with Crippen molar-refractivity contribution in [1.29, 1.82) is 0 Å². The molecule has 1 aromatic rings. The van der Waals surface area contributed by atoms with Crippen LogP contribution in [0.1, 0.15) is 24.8 Å². The molecule has 0 fully saturated rings. The van der Waals surface area contributed by atoms with Gasteiger partial charge in [0.1, 0.15) is 5.82 Å². The van der Waals surface area contributed by atoms with Gasteiger partial charge >= 0.3 is 11.9 Å². The Morgan fingerprint density at radius 1 is 1.38 bits per heavy atom. The van der Waals surface area contributed by atoms with Crippen molar-refractivity contribution < 1.29 is 23.1 Å². The highest BCUT2D eigenvalue weighted by Crippen LogP contribution is 2.30. The molecule has 0 aromatic heterocycles. The van der Waals surface area contributed by atoms with E-state index < -0.39 is 30.0 Å². The summed E-state index contributed by atoms with van der Waals surface area (Å²) < 4.78 is 38.4. The maximum Gasteiger partial charge on any atom is 0.374 e. The lowest BCUT2D eigenvalue weighted by Crippen LogP contribution is -2.29. The van der Waals surface area contributed by atoms with Gasteiger partial charge in [0.2, 0.25) is 0 Å². The molecule has 0 aliphatic heterocycles. The summed E-state index contributed by atoms with van der Waals surface area (Å²) in [6, 6.07) is 5.06. The third kappa shape index (κ3) is 2.98. The van der Waals surface area contributed by atoms with Crippen LogP contribution in [0.15, 0.2) is 24.3 Å². The lowest BCUT2D eigenvalue weighted by molar-refractivity contribution is -0.166. The van der Waals surface area contributed by atoms with E-state index in [4.69, 9.17) is 5.11 Å². The zero-order valence-corrected chi connectivity index (χ0v) is 8.58. The smallest absolute Gasteiger partial charge is 0.374 e. The Labute approximate surface area is 90.7 Å². The third-order valence-electron chi connectivity index (χ3n) is 2.31. The van der Waals surface area contributed by atoms with E-state index in [2.05, 4.69) is 0 Å². The Bertz CT molecular complexity index is 373. The summed E-state index contributed by atoms with van der Waals surface area (Å²) in [6.45, 7) is 1.48. The second kappa shape index (κ2) is 4.55. The van der Waals surface area contributed by atoms with E-state index in [1.54, 1.807) is 0 Å². The molecule has 16 heavy (non-hydrogen) atoms. The number of benzene rings is 1. The number of hydrogen-bond acceptors (Lipinski definition) is 1. The minimum atomic E-state index is -3.76. The molecule has 0 heterocycles. The van der Waals surface area contributed by atoms with Crippen LogP contribution in [0, 0.1) is 5.82 Å². The lowest BCUT2D eigenvalue weighted by Gasteiger charge is -2.17. The van der Waals surface area contributed by atoms with Crippen molar-refractivity contribution in [3.8, 4) is 0 Å². The number of hydrogen-bond donors (Lipinski definition) is 1. The Morgan fingerprint density at radius 2 is 1.88 bits per heavy atom. The lowest BCUT2D eigenvalue weighted by atomic mass is 9.94. The molecule has 1 rings (SSSR count). The highest BCUT2D eigenvalue weighted by atomic mass is 19.3. The van der Waals surface area contributed by atoms with Gasteiger partial charge in [-0.05, 0) is 23.6 Å². The highest BCUT2D eigenvalue weighted by molar-refractivity contribution is 5.75. The molecule has 1 unspecified atom stereocenters. The molecule has 0 amide bonds. The molecule has 0 spiro atoms. The molecule has 0 saturated carbocycles. The van der Waals surface area contributed by atoms with Gasteiger partial charge in [-0.15, -0.1) is 0 Å². The van der Waals surface area contributed by atoms with Crippen LogP contribution in [0.5, 0.6) is 0 Å². The summed E-state index contributed by atoms with van der Waals surface area (Å²) in [6.07, 6.45) is -0.798. The van der Waals surface area contributed by atoms with Crippen molar-refractivity contribution in [1.82, 2.24) is 0 Å². The van der Waals surface area contributed by atoms with E-state index in [-0.39, 0.29) is 0 Å². The summed E-state index contributed by atoms with van der Waals surface area (Å²) in [4.78, 5) is 10.2. The van der Waals surface area contributed by atoms with Crippen molar-refractivity contribution in [3.05, 3.63) is 35.6 Å². The van der Waals surface area contributed by atoms with Crippen molar-refractivity contribution in [2.75, 3.05) is 0 Å². The first-order chi connectivity index (χ1) is 7.33. The molecule has 2 nitrogen and oxygen atoms in total. The van der Waals surface area contributed by atoms with Gasteiger partial charge in [-0.25, -0.2) is 9.18 Å². The largest absolute Gasteiger partial charge is 0.477 e. The number of rotatable bonds is 4. The van der Waals surface area contributed by atoms with Crippen LogP contribution in [0.25, 0.3) is 0 Å². The summed E-state index contributed by atoms with van der Waals surface area (Å²) in [5.74, 6) is -7.00. The van der Waals surface area contributed by atoms with Gasteiger partial charge in [0, 0.05) is 6.42 Å². The molecule has 88 valence electrons. The first-order valence-corrected chi connectivity index (χ1v) is 4.69. The number of halogens is 3. The quantitative estimate of drug-likeness (QED) is 0.866. The normalized spacial score (nSPS) is 13.5. The number of carbonyl (C=O) groups is 1. The van der Waals surface area contributed by atoms with Crippen LogP contribution in [0.4, 0.5) is 13.2 Å². The fourth-order valence-electron chi connectivity index (χ4n) is 1.38. The average Bonchev–Trinajstić information content (AvgIpc) is 2.17. The van der Waals surface area contributed by atoms with Gasteiger partial charge in [-0.3, -0.25) is 0 Å². The third-order valence-corrected chi connectivity index (χ3v) is 2.31. The molecular formula is C11H11F3O2. The number of alkyl halides is 2. The number of carboxylic acid groups (broad SMARTS) is 1. The standard InChI is InChI=1S/C11H11F3O2/c1-7(6-11(13,14)10(15)16)8-2-4-9(12)5-3-8/h2-5,7H,6H2,1H3,(H,15,16). The summed E-state index contributed by atoms with van der Waals surface area (Å²) in [5, 5.41) is 8.27. The van der Waals surface area contributed by atoms with Gasteiger partial charge in [-0.2, -0.15) is 8.78 Å². The summed E-state index contributed by atoms with van der Waals surface area (Å²) >= 11 is 0. The first kappa shape index (κ1) is 12.5. The minimum Gasteiger partial charge on any atom is -0.477 e. The Kier molecular flexibility index (Phi) is 3.57. The van der Waals surface area contributed by atoms with Crippen LogP contribution < -0.4 is 0 Å². The predicted octanol–water partition coefficient (Wildman–Crippen LogP) is 3.04. The molecular weight excluding hydrogens is 221 g/mol. The molecule has 0 radical (unpaired) electrons. The average molecular weight is 232 g/mol. The molecule has 0 aliphatic carbocycles. The van der Waals surface area contributed by atoms with E-state index in [1.807, 2.05) is 0 Å². The number of aliphatic carboxylic acids is 1. The Hall–Kier alpha value is -1.52. The minimum absolute atomic E-state index is 0.457. The van der Waals surface area contributed by atoms with Gasteiger partial charge in [0.25, 0.3) is 0 Å². The van der Waals surface area contributed by atoms with E-state index >= 15 is 0 Å². The predicted molar refractivity (Wildman–Crippen MR) is 52.0 cm³/mol. The fourth-order valence-corrected chi connectivity index (χ4v) is 1.38. The monoisotopic (exact) mass is 232 g/mol. The Balaban J connectivity index is 2.76. The van der Waals surface area contributed by atoms with E-state index in [9.17, 15) is 18.0 Å². The Morgan fingerprint density at radius 3 is 2.31 bits per heavy atom. The zero-order valence-electron chi connectivity index (χ0n) is 8.58. The van der Waals surface area contributed by atoms with Crippen LogP contribution >= 0.6 is 0 Å². The van der Waals surface area contributed by atoms with E-state index in [0.717, 1.165) is 12.1 Å². The second-order valence-electron chi connectivity index (χ2n) is 3.67. The van der Waals surface area contributed by atoms with Crippen LogP contribution in [0.3, 0.4) is 0 Å². The molecule has 1 N–H and O–H groups in total. The molecule has 0 aliphatic rings. The van der Waals surface area contributed by atoms with Crippen LogP contribution in [0.2, 0.25) is 0 Å². The first-order valence-electron chi connectivity index (χ1n) is 4.69. The topological polar surface area (TPSA) is 37.3 Å². The van der Waals surface area contributed by atoms with E-state index in [1.165, 1.54) is 19.1 Å². The van der Waals surface area contributed by atoms with Crippen LogP contribution in [-0.4, -0.2) is 17.0 Å². The van der Waals surface area contributed by atoms with Gasteiger partial charge < -0.3 is 5.11 Å². The maximum absolute atomic E-state index is 12.9. The van der Waals surface area contributed by atoms with Crippen molar-refractivity contribution in [2.45, 2.75) is 25.2 Å². The molecule has 1 atom stereocenters. The SMILES string of the molecule is CC(CC(F)(F)C(=O)O)c1ccc(F)cc1. The molecule has 1 aromatic carbocycles. The molecule has 0 bridgehead atoms. The maximum atomic E-state index is 12.9. The number of carboxylic acids is 1. The van der Waals surface area contributed by atoms with Crippen molar-refractivity contribution in [2.24, 2.45) is 0 Å². The molecule has 5 heteroatoms. The summed E-state index contributed by atoms with van der Waals surface area (Å²) in [7, 11) is 0. The van der Waals surface area contributed by atoms with Gasteiger partial charge in [-0.1, -0.05) is 19.1 Å². The zero-order chi connectivity index (χ0) is 12.3. The van der Waals surface area contributed by atoms with Gasteiger partial charge in [0.05, 0.1) is 0 Å². The van der Waals surface area contributed by atoms with Crippen molar-refractivity contribution >= 4 is 5.97 Å². The fraction of sp³-hybridized carbons (Fsp3) is 0.364. The molecule has 0 saturated heterocycles. The van der Waals surface area contributed by atoms with E-state index in [0.29, 0.717) is 5.56 Å². The summed E-state index contributed by atoms with van der Waals surface area (Å²) in [5.41, 5.74) is 0.488. The van der Waals surface area contributed by atoms with Crippen molar-refractivity contribution in [3.63, 3.8) is 0 Å². The highest BCUT2D eigenvalue weighted by Gasteiger charge is 2.40.